The molecule has 2 aliphatic rings. The van der Waals surface area contributed by atoms with Crippen LogP contribution in [0.2, 0.25) is 0 Å². The molecule has 0 spiro atoms. The summed E-state index contributed by atoms with van der Waals surface area (Å²) in [4.78, 5) is 23.8. The Balaban J connectivity index is 1.46. The van der Waals surface area contributed by atoms with Gasteiger partial charge in [-0.25, -0.2) is 0 Å². The van der Waals surface area contributed by atoms with Crippen molar-refractivity contribution in [3.63, 3.8) is 0 Å². The van der Waals surface area contributed by atoms with E-state index in [0.29, 0.717) is 36.9 Å². The summed E-state index contributed by atoms with van der Waals surface area (Å²) >= 11 is 0. The number of hydrogen-bond acceptors (Lipinski definition) is 7. The van der Waals surface area contributed by atoms with Crippen molar-refractivity contribution >= 4 is 5.91 Å². The zero-order valence-electron chi connectivity index (χ0n) is 16.0. The topological polar surface area (TPSA) is 98.2 Å². The van der Waals surface area contributed by atoms with Crippen LogP contribution in [-0.2, 0) is 25.8 Å². The lowest BCUT2D eigenvalue weighted by Gasteiger charge is -2.29. The first-order chi connectivity index (χ1) is 13.6. The molecule has 28 heavy (non-hydrogen) atoms. The van der Waals surface area contributed by atoms with Crippen molar-refractivity contribution in [3.8, 4) is 11.4 Å². The molecule has 8 heteroatoms. The van der Waals surface area contributed by atoms with Crippen LogP contribution >= 0.6 is 0 Å². The Hall–Kier alpha value is -3.03. The molecule has 0 unspecified atom stereocenters. The third-order valence-corrected chi connectivity index (χ3v) is 5.65. The summed E-state index contributed by atoms with van der Waals surface area (Å²) < 4.78 is 10.6. The minimum atomic E-state index is -0.0601. The third kappa shape index (κ3) is 2.71. The average molecular weight is 379 g/mol. The molecular weight excluding hydrogens is 358 g/mol. The van der Waals surface area contributed by atoms with Gasteiger partial charge < -0.3 is 13.9 Å². The number of pyridine rings is 1. The number of fused-ring (bicyclic) bond motifs is 2. The van der Waals surface area contributed by atoms with Crippen LogP contribution in [0.15, 0.2) is 15.2 Å². The van der Waals surface area contributed by atoms with Crippen molar-refractivity contribution in [2.75, 3.05) is 6.54 Å². The van der Waals surface area contributed by atoms with E-state index in [2.05, 4.69) is 20.3 Å². The summed E-state index contributed by atoms with van der Waals surface area (Å²) in [6.45, 7) is 4.82. The quantitative estimate of drug-likeness (QED) is 0.675. The Morgan fingerprint density at radius 3 is 2.75 bits per heavy atom. The van der Waals surface area contributed by atoms with E-state index in [4.69, 9.17) is 9.05 Å². The van der Waals surface area contributed by atoms with E-state index in [0.717, 1.165) is 59.4 Å². The van der Waals surface area contributed by atoms with Crippen molar-refractivity contribution in [2.24, 2.45) is 0 Å². The second kappa shape index (κ2) is 6.54. The fraction of sp³-hybridized carbons (Fsp3) is 0.450. The number of nitrogens with zero attached hydrogens (tertiary/aromatic N) is 5. The van der Waals surface area contributed by atoms with E-state index >= 15 is 0 Å². The number of rotatable bonds is 2. The summed E-state index contributed by atoms with van der Waals surface area (Å²) in [6.07, 6.45) is 6.47. The molecule has 0 N–H and O–H groups in total. The molecule has 1 amide bonds. The van der Waals surface area contributed by atoms with Gasteiger partial charge in [0.2, 0.25) is 11.7 Å². The van der Waals surface area contributed by atoms with Crippen molar-refractivity contribution in [1.29, 1.82) is 0 Å². The van der Waals surface area contributed by atoms with Gasteiger partial charge in [0.25, 0.3) is 5.91 Å². The van der Waals surface area contributed by atoms with Crippen LogP contribution in [0.4, 0.5) is 0 Å². The third-order valence-electron chi connectivity index (χ3n) is 5.65. The van der Waals surface area contributed by atoms with Crippen molar-refractivity contribution < 1.29 is 13.8 Å². The molecular formula is C20H21N5O3. The van der Waals surface area contributed by atoms with Crippen LogP contribution in [0.1, 0.15) is 57.4 Å². The highest BCUT2D eigenvalue weighted by Crippen LogP contribution is 2.32. The Bertz CT molecular complexity index is 1070. The van der Waals surface area contributed by atoms with E-state index in [1.54, 1.807) is 6.92 Å². The minimum Gasteiger partial charge on any atom is -0.360 e. The first-order valence-corrected chi connectivity index (χ1v) is 9.66. The molecule has 0 saturated carbocycles. The minimum absolute atomic E-state index is 0.0601. The summed E-state index contributed by atoms with van der Waals surface area (Å²) in [5, 5.41) is 8.17. The highest BCUT2D eigenvalue weighted by atomic mass is 16.5. The molecule has 4 heterocycles. The molecule has 1 aliphatic heterocycles. The number of aryl methyl sites for hydroxylation is 3. The van der Waals surface area contributed by atoms with Gasteiger partial charge in [0, 0.05) is 49.5 Å². The Morgan fingerprint density at radius 1 is 1.07 bits per heavy atom. The molecule has 5 rings (SSSR count). The van der Waals surface area contributed by atoms with Gasteiger partial charge in [0.05, 0.1) is 0 Å². The zero-order valence-corrected chi connectivity index (χ0v) is 16.0. The lowest BCUT2D eigenvalue weighted by atomic mass is 9.93. The van der Waals surface area contributed by atoms with Crippen LogP contribution in [0.25, 0.3) is 11.4 Å². The highest BCUT2D eigenvalue weighted by Gasteiger charge is 2.31. The monoisotopic (exact) mass is 379 g/mol. The molecule has 0 fully saturated rings. The normalized spacial score (nSPS) is 16.0. The maximum atomic E-state index is 13.1. The summed E-state index contributed by atoms with van der Waals surface area (Å²) in [5.41, 5.74) is 5.41. The van der Waals surface area contributed by atoms with E-state index < -0.39 is 0 Å². The predicted octanol–water partition coefficient (Wildman–Crippen LogP) is 2.81. The Kier molecular flexibility index (Phi) is 3.99. The molecule has 0 saturated heterocycles. The standard InChI is InChI=1S/C20H21N5O3/c1-11-17(19-22-12(2)27-24-19)14-7-8-25(10-13(14)9-21-11)20(26)18-15-5-3-4-6-16(15)28-23-18/h9H,3-8,10H2,1-2H3. The Morgan fingerprint density at radius 2 is 1.93 bits per heavy atom. The average Bonchev–Trinajstić information content (AvgIpc) is 3.33. The first kappa shape index (κ1) is 17.1. The predicted molar refractivity (Wildman–Crippen MR) is 98.6 cm³/mol. The van der Waals surface area contributed by atoms with E-state index in [1.807, 2.05) is 18.0 Å². The molecule has 144 valence electrons. The number of aromatic nitrogens is 4. The van der Waals surface area contributed by atoms with Gasteiger partial charge in [0.15, 0.2) is 5.69 Å². The molecule has 0 atom stereocenters. The van der Waals surface area contributed by atoms with E-state index in [1.165, 1.54) is 0 Å². The Labute approximate surface area is 161 Å². The van der Waals surface area contributed by atoms with Gasteiger partial charge >= 0.3 is 0 Å². The first-order valence-electron chi connectivity index (χ1n) is 9.66. The summed E-state index contributed by atoms with van der Waals surface area (Å²) in [5.74, 6) is 1.90. The SMILES string of the molecule is Cc1nc(-c2c(C)ncc3c2CCN(C(=O)c2noc4c2CCCC4)C3)no1. The maximum Gasteiger partial charge on any atom is 0.276 e. The molecule has 0 bridgehead atoms. The van der Waals surface area contributed by atoms with Crippen LogP contribution in [0.5, 0.6) is 0 Å². The largest absolute Gasteiger partial charge is 0.360 e. The van der Waals surface area contributed by atoms with Gasteiger partial charge in [-0.3, -0.25) is 9.78 Å². The van der Waals surface area contributed by atoms with Crippen LogP contribution < -0.4 is 0 Å². The molecule has 8 nitrogen and oxygen atoms in total. The van der Waals surface area contributed by atoms with Gasteiger partial charge in [-0.1, -0.05) is 10.3 Å². The van der Waals surface area contributed by atoms with Crippen molar-refractivity contribution in [2.45, 2.75) is 52.5 Å². The van der Waals surface area contributed by atoms with Crippen LogP contribution in [0.3, 0.4) is 0 Å². The van der Waals surface area contributed by atoms with Crippen LogP contribution in [0, 0.1) is 13.8 Å². The fourth-order valence-electron chi connectivity index (χ4n) is 4.22. The number of hydrogen-bond donors (Lipinski definition) is 0. The van der Waals surface area contributed by atoms with Crippen LogP contribution in [-0.4, -0.2) is 37.6 Å². The molecule has 3 aromatic rings. The number of amides is 1. The van der Waals surface area contributed by atoms with Gasteiger partial charge in [-0.05, 0) is 43.7 Å². The lowest BCUT2D eigenvalue weighted by Crippen LogP contribution is -2.37. The molecule has 0 radical (unpaired) electrons. The molecule has 3 aromatic heterocycles. The second-order valence-electron chi connectivity index (χ2n) is 7.48. The number of carbonyl (C=O) groups excluding carboxylic acids is 1. The summed E-state index contributed by atoms with van der Waals surface area (Å²) in [7, 11) is 0. The van der Waals surface area contributed by atoms with Gasteiger partial charge in [-0.2, -0.15) is 4.98 Å². The second-order valence-corrected chi connectivity index (χ2v) is 7.48. The van der Waals surface area contributed by atoms with Gasteiger partial charge in [0.1, 0.15) is 5.76 Å². The molecule has 0 aromatic carbocycles. The smallest absolute Gasteiger partial charge is 0.276 e. The zero-order chi connectivity index (χ0) is 19.3. The molecule has 1 aliphatic carbocycles. The van der Waals surface area contributed by atoms with E-state index in [-0.39, 0.29) is 5.91 Å². The number of carbonyl (C=O) groups is 1. The van der Waals surface area contributed by atoms with Gasteiger partial charge in [-0.15, -0.1) is 0 Å². The fourth-order valence-corrected chi connectivity index (χ4v) is 4.22. The highest BCUT2D eigenvalue weighted by molar-refractivity contribution is 5.94. The van der Waals surface area contributed by atoms with Crippen molar-refractivity contribution in [3.05, 3.63) is 45.9 Å². The van der Waals surface area contributed by atoms with E-state index in [9.17, 15) is 4.79 Å². The summed E-state index contributed by atoms with van der Waals surface area (Å²) in [6, 6.07) is 0. The van der Waals surface area contributed by atoms with Crippen molar-refractivity contribution in [1.82, 2.24) is 25.2 Å². The lowest BCUT2D eigenvalue weighted by molar-refractivity contribution is 0.0723. The maximum absolute atomic E-state index is 13.1.